The van der Waals surface area contributed by atoms with E-state index < -0.39 is 29.5 Å². The van der Waals surface area contributed by atoms with Gasteiger partial charge in [0.25, 0.3) is 5.56 Å². The van der Waals surface area contributed by atoms with Gasteiger partial charge in [-0.05, 0) is 25.1 Å². The minimum atomic E-state index is -0.671. The SMILES string of the molecule is CCOC(=O)[C@H]1CNC[C@@H]1C(=O)Nc1ccc(-n2ccccc2=O)cc1F.Cl. The Bertz CT molecular complexity index is 918. The van der Waals surface area contributed by atoms with E-state index in [0.717, 1.165) is 0 Å². The second kappa shape index (κ2) is 9.48. The van der Waals surface area contributed by atoms with Gasteiger partial charge in [0.15, 0.2) is 0 Å². The Hall–Kier alpha value is -2.71. The molecule has 0 unspecified atom stereocenters. The molecule has 7 nitrogen and oxygen atoms in total. The molecule has 9 heteroatoms. The highest BCUT2D eigenvalue weighted by atomic mass is 35.5. The number of halogens is 2. The van der Waals surface area contributed by atoms with Gasteiger partial charge in [-0.2, -0.15) is 0 Å². The number of benzene rings is 1. The largest absolute Gasteiger partial charge is 0.466 e. The first-order chi connectivity index (χ1) is 13.0. The molecule has 1 aliphatic rings. The lowest BCUT2D eigenvalue weighted by Gasteiger charge is -2.17. The first-order valence-corrected chi connectivity index (χ1v) is 8.67. The summed E-state index contributed by atoms with van der Waals surface area (Å²) in [6.07, 6.45) is 1.53. The van der Waals surface area contributed by atoms with Crippen molar-refractivity contribution in [2.24, 2.45) is 11.8 Å². The number of aromatic nitrogens is 1. The van der Waals surface area contributed by atoms with Gasteiger partial charge in [-0.15, -0.1) is 12.4 Å². The van der Waals surface area contributed by atoms with Crippen molar-refractivity contribution >= 4 is 30.0 Å². The molecule has 1 aliphatic heterocycles. The predicted octanol–water partition coefficient (Wildman–Crippen LogP) is 1.74. The summed E-state index contributed by atoms with van der Waals surface area (Å²) in [5, 5.41) is 5.51. The summed E-state index contributed by atoms with van der Waals surface area (Å²) in [6, 6.07) is 8.74. The Balaban J connectivity index is 0.00000280. The number of hydrogen-bond donors (Lipinski definition) is 2. The third-order valence-electron chi connectivity index (χ3n) is 4.45. The van der Waals surface area contributed by atoms with Gasteiger partial charge >= 0.3 is 5.97 Å². The predicted molar refractivity (Wildman–Crippen MR) is 104 cm³/mol. The highest BCUT2D eigenvalue weighted by molar-refractivity contribution is 5.96. The zero-order valence-electron chi connectivity index (χ0n) is 15.2. The molecule has 0 saturated carbocycles. The molecule has 0 spiro atoms. The normalized spacial score (nSPS) is 18.2. The van der Waals surface area contributed by atoms with Crippen LogP contribution in [0.5, 0.6) is 0 Å². The minimum Gasteiger partial charge on any atom is -0.466 e. The van der Waals surface area contributed by atoms with Crippen LogP contribution in [0.4, 0.5) is 10.1 Å². The fourth-order valence-electron chi connectivity index (χ4n) is 3.07. The summed E-state index contributed by atoms with van der Waals surface area (Å²) in [4.78, 5) is 36.3. The molecule has 2 atom stereocenters. The van der Waals surface area contributed by atoms with Gasteiger partial charge in [-0.3, -0.25) is 19.0 Å². The minimum absolute atomic E-state index is 0. The Morgan fingerprint density at radius 2 is 2.00 bits per heavy atom. The van der Waals surface area contributed by atoms with E-state index in [1.54, 1.807) is 19.1 Å². The number of carbonyl (C=O) groups is 2. The van der Waals surface area contributed by atoms with E-state index >= 15 is 0 Å². The molecule has 0 bridgehead atoms. The van der Waals surface area contributed by atoms with Gasteiger partial charge in [-0.25, -0.2) is 4.39 Å². The number of anilines is 1. The molecular formula is C19H21ClFN3O4. The average Bonchev–Trinajstić information content (AvgIpc) is 3.14. The van der Waals surface area contributed by atoms with E-state index in [9.17, 15) is 18.8 Å². The quantitative estimate of drug-likeness (QED) is 0.734. The molecule has 0 radical (unpaired) electrons. The summed E-state index contributed by atoms with van der Waals surface area (Å²) < 4.78 is 20.7. The highest BCUT2D eigenvalue weighted by Gasteiger charge is 2.38. The number of pyridine rings is 1. The Kier molecular flexibility index (Phi) is 7.31. The Morgan fingerprint density at radius 1 is 1.25 bits per heavy atom. The monoisotopic (exact) mass is 409 g/mol. The van der Waals surface area contributed by atoms with Crippen LogP contribution in [-0.2, 0) is 14.3 Å². The van der Waals surface area contributed by atoms with Crippen LogP contribution in [0.15, 0.2) is 47.4 Å². The highest BCUT2D eigenvalue weighted by Crippen LogP contribution is 2.23. The van der Waals surface area contributed by atoms with Gasteiger partial charge in [0.2, 0.25) is 5.91 Å². The van der Waals surface area contributed by atoms with Crippen LogP contribution in [-0.4, -0.2) is 36.1 Å². The summed E-state index contributed by atoms with van der Waals surface area (Å²) >= 11 is 0. The number of carbonyl (C=O) groups excluding carboxylic acids is 2. The van der Waals surface area contributed by atoms with Crippen molar-refractivity contribution in [2.45, 2.75) is 6.92 Å². The van der Waals surface area contributed by atoms with Crippen molar-refractivity contribution in [1.82, 2.24) is 9.88 Å². The summed E-state index contributed by atoms with van der Waals surface area (Å²) in [5.41, 5.74) is 0.0493. The van der Waals surface area contributed by atoms with Crippen molar-refractivity contribution in [1.29, 1.82) is 0 Å². The first kappa shape index (κ1) is 21.6. The van der Waals surface area contributed by atoms with Crippen LogP contribution in [0.1, 0.15) is 6.92 Å². The Labute approximate surface area is 167 Å². The van der Waals surface area contributed by atoms with Crippen molar-refractivity contribution < 1.29 is 18.7 Å². The second-order valence-electron chi connectivity index (χ2n) is 6.19. The van der Waals surface area contributed by atoms with Gasteiger partial charge in [0.05, 0.1) is 29.8 Å². The molecule has 3 rings (SSSR count). The average molecular weight is 410 g/mol. The van der Waals surface area contributed by atoms with Crippen molar-refractivity contribution in [3.8, 4) is 5.69 Å². The summed E-state index contributed by atoms with van der Waals surface area (Å²) in [6.45, 7) is 2.59. The fraction of sp³-hybridized carbons (Fsp3) is 0.316. The van der Waals surface area contributed by atoms with Crippen LogP contribution in [0.2, 0.25) is 0 Å². The smallest absolute Gasteiger partial charge is 0.311 e. The van der Waals surface area contributed by atoms with Crippen LogP contribution < -0.4 is 16.2 Å². The number of amides is 1. The van der Waals surface area contributed by atoms with Crippen LogP contribution in [0, 0.1) is 17.7 Å². The second-order valence-corrected chi connectivity index (χ2v) is 6.19. The molecular weight excluding hydrogens is 389 g/mol. The zero-order chi connectivity index (χ0) is 19.4. The first-order valence-electron chi connectivity index (χ1n) is 8.67. The molecule has 1 saturated heterocycles. The Morgan fingerprint density at radius 3 is 2.68 bits per heavy atom. The molecule has 150 valence electrons. The number of rotatable bonds is 5. The van der Waals surface area contributed by atoms with Crippen molar-refractivity contribution in [2.75, 3.05) is 25.0 Å². The number of nitrogens with zero attached hydrogens (tertiary/aromatic N) is 1. The molecule has 2 N–H and O–H groups in total. The molecule has 0 aliphatic carbocycles. The molecule has 1 fully saturated rings. The lowest BCUT2D eigenvalue weighted by molar-refractivity contribution is -0.150. The van der Waals surface area contributed by atoms with E-state index in [2.05, 4.69) is 10.6 Å². The van der Waals surface area contributed by atoms with Crippen molar-refractivity contribution in [3.63, 3.8) is 0 Å². The topological polar surface area (TPSA) is 89.4 Å². The molecule has 1 aromatic carbocycles. The van der Waals surface area contributed by atoms with E-state index in [-0.39, 0.29) is 30.3 Å². The zero-order valence-corrected chi connectivity index (χ0v) is 16.0. The number of ether oxygens (including phenoxy) is 1. The number of hydrogen-bond acceptors (Lipinski definition) is 5. The fourth-order valence-corrected chi connectivity index (χ4v) is 3.07. The van der Waals surface area contributed by atoms with Crippen LogP contribution in [0.25, 0.3) is 5.69 Å². The molecule has 1 aromatic heterocycles. The van der Waals surface area contributed by atoms with E-state index in [1.807, 2.05) is 0 Å². The molecule has 28 heavy (non-hydrogen) atoms. The van der Waals surface area contributed by atoms with Gasteiger partial charge in [0, 0.05) is 31.4 Å². The van der Waals surface area contributed by atoms with Gasteiger partial charge in [-0.1, -0.05) is 6.07 Å². The standard InChI is InChI=1S/C19H20FN3O4.ClH/c1-2-27-19(26)14-11-21-10-13(14)18(25)22-16-7-6-12(9-15(16)20)23-8-4-3-5-17(23)24;/h3-9,13-14,21H,2,10-11H2,1H3,(H,22,25);1H/t13-,14-;/m0./s1. The third-order valence-corrected chi connectivity index (χ3v) is 4.45. The van der Waals surface area contributed by atoms with E-state index in [0.29, 0.717) is 18.8 Å². The summed E-state index contributed by atoms with van der Waals surface area (Å²) in [5.74, 6) is -2.81. The molecule has 2 heterocycles. The maximum atomic E-state index is 14.5. The van der Waals surface area contributed by atoms with Gasteiger partial charge in [0.1, 0.15) is 5.82 Å². The maximum absolute atomic E-state index is 14.5. The van der Waals surface area contributed by atoms with Crippen LogP contribution in [0.3, 0.4) is 0 Å². The molecule has 2 aromatic rings. The lowest BCUT2D eigenvalue weighted by Crippen LogP contribution is -2.34. The van der Waals surface area contributed by atoms with Crippen molar-refractivity contribution in [3.05, 3.63) is 58.8 Å². The number of nitrogens with one attached hydrogen (secondary N) is 2. The van der Waals surface area contributed by atoms with Crippen LogP contribution >= 0.6 is 12.4 Å². The number of esters is 1. The maximum Gasteiger partial charge on any atom is 0.311 e. The lowest BCUT2D eigenvalue weighted by atomic mass is 9.95. The van der Waals surface area contributed by atoms with E-state index in [4.69, 9.17) is 4.74 Å². The summed E-state index contributed by atoms with van der Waals surface area (Å²) in [7, 11) is 0. The molecule has 1 amide bonds. The van der Waals surface area contributed by atoms with Gasteiger partial charge < -0.3 is 15.4 Å². The third kappa shape index (κ3) is 4.58. The van der Waals surface area contributed by atoms with E-state index in [1.165, 1.54) is 35.0 Å².